The molecule has 1 aromatic rings. The van der Waals surface area contributed by atoms with Gasteiger partial charge >= 0.3 is 5.97 Å². The third kappa shape index (κ3) is 3.39. The van der Waals surface area contributed by atoms with Gasteiger partial charge in [-0.2, -0.15) is 0 Å². The van der Waals surface area contributed by atoms with Gasteiger partial charge in [0.15, 0.2) is 0 Å². The van der Waals surface area contributed by atoms with Crippen LogP contribution < -0.4 is 4.90 Å². The second-order valence-corrected chi connectivity index (χ2v) is 8.12. The Morgan fingerprint density at radius 2 is 1.82 bits per heavy atom. The number of anilines is 1. The van der Waals surface area contributed by atoms with Gasteiger partial charge in [0.05, 0.1) is 5.69 Å². The van der Waals surface area contributed by atoms with Crippen molar-refractivity contribution in [1.29, 1.82) is 0 Å². The van der Waals surface area contributed by atoms with E-state index in [1.807, 2.05) is 11.0 Å². The van der Waals surface area contributed by atoms with Gasteiger partial charge in [0.2, 0.25) is 0 Å². The lowest BCUT2D eigenvalue weighted by Gasteiger charge is -2.28. The van der Waals surface area contributed by atoms with Gasteiger partial charge in [-0.25, -0.2) is 14.8 Å². The molecule has 22 heavy (non-hydrogen) atoms. The Hall–Kier alpha value is -1.65. The quantitative estimate of drug-likeness (QED) is 0.909. The Balaban J connectivity index is 2.53. The summed E-state index contributed by atoms with van der Waals surface area (Å²) in [5, 5.41) is 9.42. The minimum atomic E-state index is -0.772. The molecule has 1 saturated heterocycles. The summed E-state index contributed by atoms with van der Waals surface area (Å²) in [6, 6.07) is 1.48. The van der Waals surface area contributed by atoms with Crippen LogP contribution in [0.3, 0.4) is 0 Å². The first-order valence-electron chi connectivity index (χ1n) is 7.89. The second-order valence-electron chi connectivity index (χ2n) is 8.12. The van der Waals surface area contributed by atoms with Crippen molar-refractivity contribution in [1.82, 2.24) is 9.97 Å². The van der Waals surface area contributed by atoms with E-state index in [1.165, 1.54) is 0 Å². The van der Waals surface area contributed by atoms with Gasteiger partial charge in [0, 0.05) is 23.4 Å². The van der Waals surface area contributed by atoms with Crippen molar-refractivity contribution in [3.63, 3.8) is 0 Å². The average molecular weight is 305 g/mol. The van der Waals surface area contributed by atoms with Gasteiger partial charge < -0.3 is 10.0 Å². The number of aromatic nitrogens is 2. The van der Waals surface area contributed by atoms with E-state index in [4.69, 9.17) is 4.98 Å². The number of carbonyl (C=O) groups is 1. The summed E-state index contributed by atoms with van der Waals surface area (Å²) >= 11 is 0. The summed E-state index contributed by atoms with van der Waals surface area (Å²) in [6.45, 7) is 13.3. The SMILES string of the molecule is CC(C)(C)c1cc(N2CCC[C@@H]2C(=O)O)nc(C(C)(C)C)n1. The molecule has 0 unspecified atom stereocenters. The van der Waals surface area contributed by atoms with Crippen LogP contribution in [0.2, 0.25) is 0 Å². The molecule has 1 aromatic heterocycles. The summed E-state index contributed by atoms with van der Waals surface area (Å²) in [4.78, 5) is 22.8. The molecule has 122 valence electrons. The fourth-order valence-electron chi connectivity index (χ4n) is 2.60. The predicted molar refractivity (Wildman–Crippen MR) is 87.4 cm³/mol. The largest absolute Gasteiger partial charge is 0.480 e. The molecule has 1 N–H and O–H groups in total. The molecule has 0 bridgehead atoms. The predicted octanol–water partition coefficient (Wildman–Crippen LogP) is 3.13. The number of hydrogen-bond donors (Lipinski definition) is 1. The first-order valence-corrected chi connectivity index (χ1v) is 7.89. The van der Waals surface area contributed by atoms with Gasteiger partial charge in [-0.05, 0) is 12.8 Å². The number of hydrogen-bond acceptors (Lipinski definition) is 4. The van der Waals surface area contributed by atoms with Gasteiger partial charge in [0.25, 0.3) is 0 Å². The maximum Gasteiger partial charge on any atom is 0.326 e. The molecule has 1 atom stereocenters. The monoisotopic (exact) mass is 305 g/mol. The summed E-state index contributed by atoms with van der Waals surface area (Å²) in [5.74, 6) is 0.742. The summed E-state index contributed by atoms with van der Waals surface area (Å²) in [7, 11) is 0. The van der Waals surface area contributed by atoms with Crippen molar-refractivity contribution in [3.8, 4) is 0 Å². The molecule has 5 nitrogen and oxygen atoms in total. The fourth-order valence-corrected chi connectivity index (χ4v) is 2.60. The molecule has 0 amide bonds. The highest BCUT2D eigenvalue weighted by atomic mass is 16.4. The van der Waals surface area contributed by atoms with Crippen LogP contribution >= 0.6 is 0 Å². The third-order valence-corrected chi connectivity index (χ3v) is 3.98. The summed E-state index contributed by atoms with van der Waals surface area (Å²) in [5.41, 5.74) is 0.684. The lowest BCUT2D eigenvalue weighted by molar-refractivity contribution is -0.138. The smallest absolute Gasteiger partial charge is 0.326 e. The lowest BCUT2D eigenvalue weighted by atomic mass is 9.90. The zero-order valence-electron chi connectivity index (χ0n) is 14.5. The van der Waals surface area contributed by atoms with Crippen LogP contribution in [0.5, 0.6) is 0 Å². The molecular weight excluding hydrogens is 278 g/mol. The van der Waals surface area contributed by atoms with E-state index < -0.39 is 12.0 Å². The molecule has 1 fully saturated rings. The molecule has 0 aliphatic carbocycles. The Morgan fingerprint density at radius 1 is 1.18 bits per heavy atom. The van der Waals surface area contributed by atoms with E-state index in [0.29, 0.717) is 6.42 Å². The van der Waals surface area contributed by atoms with E-state index in [0.717, 1.165) is 30.3 Å². The summed E-state index contributed by atoms with van der Waals surface area (Å²) in [6.07, 6.45) is 1.56. The number of carboxylic acid groups (broad SMARTS) is 1. The Kier molecular flexibility index (Phi) is 4.20. The van der Waals surface area contributed by atoms with Crippen LogP contribution in [-0.4, -0.2) is 33.6 Å². The van der Waals surface area contributed by atoms with E-state index >= 15 is 0 Å². The Bertz CT molecular complexity index is 538. The molecule has 1 aliphatic rings. The average Bonchev–Trinajstić information content (AvgIpc) is 2.85. The van der Waals surface area contributed by atoms with Gasteiger partial charge in [-0.1, -0.05) is 41.5 Å². The topological polar surface area (TPSA) is 66.3 Å². The minimum absolute atomic E-state index is 0.101. The first-order chi connectivity index (χ1) is 10.00. The van der Waals surface area contributed by atoms with Crippen molar-refractivity contribution < 1.29 is 9.90 Å². The van der Waals surface area contributed by atoms with Crippen molar-refractivity contribution in [2.45, 2.75) is 71.3 Å². The van der Waals surface area contributed by atoms with E-state index in [1.54, 1.807) is 0 Å². The van der Waals surface area contributed by atoms with Crippen LogP contribution in [0.25, 0.3) is 0 Å². The van der Waals surface area contributed by atoms with E-state index in [-0.39, 0.29) is 10.8 Å². The van der Waals surface area contributed by atoms with Gasteiger partial charge in [0.1, 0.15) is 17.7 Å². The highest BCUT2D eigenvalue weighted by molar-refractivity contribution is 5.78. The maximum absolute atomic E-state index is 11.5. The molecule has 5 heteroatoms. The maximum atomic E-state index is 11.5. The van der Waals surface area contributed by atoms with Crippen LogP contribution in [-0.2, 0) is 15.6 Å². The highest BCUT2D eigenvalue weighted by Crippen LogP contribution is 2.31. The van der Waals surface area contributed by atoms with Crippen molar-refractivity contribution >= 4 is 11.8 Å². The molecule has 0 aromatic carbocycles. The zero-order chi connectivity index (χ0) is 16.7. The molecule has 2 rings (SSSR count). The van der Waals surface area contributed by atoms with E-state index in [2.05, 4.69) is 46.5 Å². The second kappa shape index (κ2) is 5.52. The van der Waals surface area contributed by atoms with Crippen LogP contribution in [0.15, 0.2) is 6.07 Å². The summed E-state index contributed by atoms with van der Waals surface area (Å²) < 4.78 is 0. The van der Waals surface area contributed by atoms with Crippen LogP contribution in [0.1, 0.15) is 65.9 Å². The van der Waals surface area contributed by atoms with Crippen molar-refractivity contribution in [2.75, 3.05) is 11.4 Å². The number of nitrogens with zero attached hydrogens (tertiary/aromatic N) is 3. The molecular formula is C17H27N3O2. The number of aliphatic carboxylic acids is 1. The fraction of sp³-hybridized carbons (Fsp3) is 0.706. The number of rotatable bonds is 2. The van der Waals surface area contributed by atoms with E-state index in [9.17, 15) is 9.90 Å². The molecule has 1 aliphatic heterocycles. The van der Waals surface area contributed by atoms with Crippen molar-refractivity contribution in [3.05, 3.63) is 17.6 Å². The van der Waals surface area contributed by atoms with Crippen LogP contribution in [0, 0.1) is 0 Å². The highest BCUT2D eigenvalue weighted by Gasteiger charge is 2.33. The van der Waals surface area contributed by atoms with Crippen molar-refractivity contribution in [2.24, 2.45) is 0 Å². The third-order valence-electron chi connectivity index (χ3n) is 3.98. The Morgan fingerprint density at radius 3 is 2.32 bits per heavy atom. The normalized spacial score (nSPS) is 19.5. The standard InChI is InChI=1S/C17H27N3O2/c1-16(2,3)12-10-13(19-15(18-12)17(4,5)6)20-9-7-8-11(20)14(21)22/h10-11H,7-9H2,1-6H3,(H,21,22)/t11-/m1/s1. The zero-order valence-corrected chi connectivity index (χ0v) is 14.5. The lowest BCUT2D eigenvalue weighted by Crippen LogP contribution is -2.37. The molecule has 2 heterocycles. The Labute approximate surface area is 132 Å². The minimum Gasteiger partial charge on any atom is -0.480 e. The molecule has 0 saturated carbocycles. The molecule has 0 spiro atoms. The molecule has 0 radical (unpaired) electrons. The van der Waals surface area contributed by atoms with Gasteiger partial charge in [-0.15, -0.1) is 0 Å². The van der Waals surface area contributed by atoms with Gasteiger partial charge in [-0.3, -0.25) is 0 Å². The first kappa shape index (κ1) is 16.7. The number of carboxylic acids is 1. The van der Waals surface area contributed by atoms with Crippen LogP contribution in [0.4, 0.5) is 5.82 Å².